The lowest BCUT2D eigenvalue weighted by molar-refractivity contribution is 0.0933. The smallest absolute Gasteiger partial charge is 0.251 e. The first-order valence-corrected chi connectivity index (χ1v) is 6.49. The van der Waals surface area contributed by atoms with Gasteiger partial charge in [-0.2, -0.15) is 0 Å². The minimum atomic E-state index is -0.125. The summed E-state index contributed by atoms with van der Waals surface area (Å²) in [6.07, 6.45) is 1.99. The van der Waals surface area contributed by atoms with Gasteiger partial charge in [0.2, 0.25) is 0 Å². The highest BCUT2D eigenvalue weighted by atomic mass is 16.1. The molecular weight excluding hydrogens is 224 g/mol. The average molecular weight is 246 g/mol. The summed E-state index contributed by atoms with van der Waals surface area (Å²) in [7, 11) is 0. The van der Waals surface area contributed by atoms with Crippen LogP contribution in [0.1, 0.15) is 49.5 Å². The van der Waals surface area contributed by atoms with Crippen molar-refractivity contribution in [3.63, 3.8) is 0 Å². The minimum Gasteiger partial charge on any atom is -0.345 e. The van der Waals surface area contributed by atoms with Crippen LogP contribution in [0.5, 0.6) is 0 Å². The van der Waals surface area contributed by atoms with E-state index in [1.807, 2.05) is 24.3 Å². The molecule has 1 aromatic carbocycles. The summed E-state index contributed by atoms with van der Waals surface area (Å²) >= 11 is 0. The largest absolute Gasteiger partial charge is 0.345 e. The monoisotopic (exact) mass is 246 g/mol. The van der Waals surface area contributed by atoms with Gasteiger partial charge in [-0.1, -0.05) is 32.9 Å². The molecule has 1 saturated carbocycles. The second-order valence-electron chi connectivity index (χ2n) is 6.27. The molecule has 98 valence electrons. The Morgan fingerprint density at radius 3 is 2.22 bits per heavy atom. The van der Waals surface area contributed by atoms with E-state index in [9.17, 15) is 4.79 Å². The molecule has 0 unspecified atom stereocenters. The Morgan fingerprint density at radius 2 is 1.83 bits per heavy atom. The highest BCUT2D eigenvalue weighted by molar-refractivity contribution is 5.95. The van der Waals surface area contributed by atoms with Crippen LogP contribution < -0.4 is 11.1 Å². The lowest BCUT2D eigenvalue weighted by atomic mass is 9.86. The number of carbonyl (C=O) groups is 1. The van der Waals surface area contributed by atoms with Gasteiger partial charge < -0.3 is 11.1 Å². The molecule has 0 atom stereocenters. The number of nitrogens with two attached hydrogens (primary N) is 1. The van der Waals surface area contributed by atoms with Crippen molar-refractivity contribution in [1.29, 1.82) is 0 Å². The molecule has 1 amide bonds. The Morgan fingerprint density at radius 1 is 1.28 bits per heavy atom. The van der Waals surface area contributed by atoms with E-state index in [1.165, 1.54) is 5.56 Å². The zero-order chi connectivity index (χ0) is 13.4. The molecule has 1 fully saturated rings. The Bertz CT molecular complexity index is 439. The van der Waals surface area contributed by atoms with E-state index in [0.717, 1.165) is 12.8 Å². The van der Waals surface area contributed by atoms with Crippen LogP contribution in [0, 0.1) is 0 Å². The van der Waals surface area contributed by atoms with Crippen LogP contribution in [0.25, 0.3) is 0 Å². The normalized spacial score (nSPS) is 17.3. The van der Waals surface area contributed by atoms with Gasteiger partial charge in [-0.3, -0.25) is 4.79 Å². The summed E-state index contributed by atoms with van der Waals surface area (Å²) in [6, 6.07) is 7.83. The topological polar surface area (TPSA) is 55.1 Å². The highest BCUT2D eigenvalue weighted by Crippen LogP contribution is 2.34. The fourth-order valence-corrected chi connectivity index (χ4v) is 1.97. The number of nitrogens with one attached hydrogen (secondary N) is 1. The van der Waals surface area contributed by atoms with Crippen LogP contribution >= 0.6 is 0 Å². The van der Waals surface area contributed by atoms with Gasteiger partial charge in [-0.05, 0) is 36.0 Å². The Labute approximate surface area is 109 Å². The maximum absolute atomic E-state index is 12.1. The van der Waals surface area contributed by atoms with Crippen molar-refractivity contribution in [3.05, 3.63) is 35.4 Å². The van der Waals surface area contributed by atoms with Crippen molar-refractivity contribution in [3.8, 4) is 0 Å². The van der Waals surface area contributed by atoms with Crippen molar-refractivity contribution >= 4 is 5.91 Å². The van der Waals surface area contributed by atoms with E-state index in [-0.39, 0.29) is 16.9 Å². The molecule has 0 aromatic heterocycles. The maximum Gasteiger partial charge on any atom is 0.251 e. The zero-order valence-corrected chi connectivity index (χ0v) is 11.4. The number of amides is 1. The van der Waals surface area contributed by atoms with Gasteiger partial charge in [0, 0.05) is 12.1 Å². The number of carbonyl (C=O) groups excluding carboxylic acids is 1. The Hall–Kier alpha value is -1.35. The van der Waals surface area contributed by atoms with Crippen LogP contribution in [-0.2, 0) is 5.41 Å². The summed E-state index contributed by atoms with van der Waals surface area (Å²) in [4.78, 5) is 12.1. The van der Waals surface area contributed by atoms with E-state index in [4.69, 9.17) is 5.73 Å². The maximum atomic E-state index is 12.1. The van der Waals surface area contributed by atoms with Crippen LogP contribution in [0.3, 0.4) is 0 Å². The molecule has 0 heterocycles. The molecule has 1 aliphatic rings. The average Bonchev–Trinajstić information content (AvgIpc) is 3.08. The van der Waals surface area contributed by atoms with Crippen molar-refractivity contribution in [2.75, 3.05) is 6.54 Å². The third kappa shape index (κ3) is 2.72. The van der Waals surface area contributed by atoms with Crippen LogP contribution in [0.4, 0.5) is 0 Å². The first kappa shape index (κ1) is 13.1. The van der Waals surface area contributed by atoms with Crippen LogP contribution in [0.2, 0.25) is 0 Å². The van der Waals surface area contributed by atoms with Crippen molar-refractivity contribution in [2.24, 2.45) is 5.73 Å². The van der Waals surface area contributed by atoms with Gasteiger partial charge in [0.15, 0.2) is 0 Å². The van der Waals surface area contributed by atoms with Crippen LogP contribution in [0.15, 0.2) is 24.3 Å². The highest BCUT2D eigenvalue weighted by Gasteiger charge is 2.42. The van der Waals surface area contributed by atoms with E-state index < -0.39 is 0 Å². The quantitative estimate of drug-likeness (QED) is 0.859. The van der Waals surface area contributed by atoms with Crippen molar-refractivity contribution in [1.82, 2.24) is 5.32 Å². The van der Waals surface area contributed by atoms with E-state index >= 15 is 0 Å². The number of hydrogen-bond acceptors (Lipinski definition) is 2. The molecule has 1 aromatic rings. The molecule has 0 aliphatic heterocycles. The second-order valence-corrected chi connectivity index (χ2v) is 6.27. The number of rotatable bonds is 3. The van der Waals surface area contributed by atoms with Gasteiger partial charge in [-0.25, -0.2) is 0 Å². The fraction of sp³-hybridized carbons (Fsp3) is 0.533. The fourth-order valence-electron chi connectivity index (χ4n) is 1.97. The molecule has 3 N–H and O–H groups in total. The lowest BCUT2D eigenvalue weighted by Gasteiger charge is -2.19. The number of hydrogen-bond donors (Lipinski definition) is 2. The van der Waals surface area contributed by atoms with Crippen molar-refractivity contribution in [2.45, 2.75) is 44.6 Å². The lowest BCUT2D eigenvalue weighted by Crippen LogP contribution is -2.42. The predicted octanol–water partition coefficient (Wildman–Crippen LogP) is 2.21. The van der Waals surface area contributed by atoms with Gasteiger partial charge in [0.25, 0.3) is 5.91 Å². The predicted molar refractivity (Wildman–Crippen MR) is 73.6 cm³/mol. The zero-order valence-electron chi connectivity index (χ0n) is 11.4. The molecular formula is C15H22N2O. The molecule has 1 aliphatic carbocycles. The van der Waals surface area contributed by atoms with Gasteiger partial charge in [0.1, 0.15) is 0 Å². The minimum absolute atomic E-state index is 0.0154. The summed E-state index contributed by atoms with van der Waals surface area (Å²) < 4.78 is 0. The summed E-state index contributed by atoms with van der Waals surface area (Å²) in [5, 5.41) is 3.03. The van der Waals surface area contributed by atoms with E-state index in [0.29, 0.717) is 12.1 Å². The number of benzene rings is 1. The van der Waals surface area contributed by atoms with E-state index in [2.05, 4.69) is 26.1 Å². The first-order chi connectivity index (χ1) is 8.36. The molecule has 18 heavy (non-hydrogen) atoms. The molecule has 3 nitrogen and oxygen atoms in total. The Balaban J connectivity index is 2.08. The van der Waals surface area contributed by atoms with Gasteiger partial charge in [-0.15, -0.1) is 0 Å². The van der Waals surface area contributed by atoms with Gasteiger partial charge >= 0.3 is 0 Å². The third-order valence-corrected chi connectivity index (χ3v) is 3.64. The molecule has 0 spiro atoms. The SMILES string of the molecule is CC(C)(C)c1ccc(C(=O)NC2(CN)CC2)cc1. The molecule has 0 bridgehead atoms. The summed E-state index contributed by atoms with van der Waals surface area (Å²) in [5.74, 6) is -0.0154. The molecule has 0 radical (unpaired) electrons. The summed E-state index contributed by atoms with van der Waals surface area (Å²) in [5.41, 5.74) is 7.60. The first-order valence-electron chi connectivity index (χ1n) is 6.49. The van der Waals surface area contributed by atoms with E-state index in [1.54, 1.807) is 0 Å². The standard InChI is InChI=1S/C15H22N2O/c1-14(2,3)12-6-4-11(5-7-12)13(18)17-15(10-16)8-9-15/h4-7H,8-10,16H2,1-3H3,(H,17,18). The third-order valence-electron chi connectivity index (χ3n) is 3.64. The Kier molecular flexibility index (Phi) is 3.20. The molecule has 2 rings (SSSR count). The molecule has 0 saturated heterocycles. The van der Waals surface area contributed by atoms with Crippen molar-refractivity contribution < 1.29 is 4.79 Å². The molecule has 3 heteroatoms. The second kappa shape index (κ2) is 4.39. The summed E-state index contributed by atoms with van der Waals surface area (Å²) in [6.45, 7) is 7.01. The van der Waals surface area contributed by atoms with Crippen LogP contribution in [-0.4, -0.2) is 18.0 Å². The van der Waals surface area contributed by atoms with Gasteiger partial charge in [0.05, 0.1) is 5.54 Å².